The molecule has 2 N–H and O–H groups in total. The SMILES string of the molecule is CC(=O)CN1C(=O)[C@@H](NC(CCc2ccccc2)C(=O)O)CCc2ccccc21. The van der Waals surface area contributed by atoms with Crippen molar-refractivity contribution >= 4 is 23.3 Å². The number of aliphatic carboxylic acids is 1. The molecule has 0 aliphatic carbocycles. The zero-order chi connectivity index (χ0) is 20.8. The van der Waals surface area contributed by atoms with Crippen molar-refractivity contribution in [1.82, 2.24) is 5.32 Å². The molecule has 1 aliphatic rings. The largest absolute Gasteiger partial charge is 0.480 e. The Bertz CT molecular complexity index is 881. The summed E-state index contributed by atoms with van der Waals surface area (Å²) < 4.78 is 0. The first-order valence-electron chi connectivity index (χ1n) is 9.87. The zero-order valence-electron chi connectivity index (χ0n) is 16.5. The number of benzene rings is 2. The van der Waals surface area contributed by atoms with E-state index in [1.165, 1.54) is 11.8 Å². The minimum absolute atomic E-state index is 0.0181. The molecule has 1 aliphatic heterocycles. The minimum atomic E-state index is -0.978. The van der Waals surface area contributed by atoms with Crippen molar-refractivity contribution in [2.45, 2.75) is 44.7 Å². The number of fused-ring (bicyclic) bond motifs is 1. The summed E-state index contributed by atoms with van der Waals surface area (Å²) in [5.41, 5.74) is 2.77. The number of carboxylic acids is 1. The topological polar surface area (TPSA) is 86.7 Å². The van der Waals surface area contributed by atoms with Crippen molar-refractivity contribution in [3.63, 3.8) is 0 Å². The predicted octanol–water partition coefficient (Wildman–Crippen LogP) is 2.60. The maximum atomic E-state index is 13.2. The Morgan fingerprint density at radius 3 is 2.52 bits per heavy atom. The van der Waals surface area contributed by atoms with Crippen LogP contribution in [0.2, 0.25) is 0 Å². The average Bonchev–Trinajstić information content (AvgIpc) is 2.83. The van der Waals surface area contributed by atoms with Gasteiger partial charge in [0.2, 0.25) is 5.91 Å². The van der Waals surface area contributed by atoms with Crippen LogP contribution in [-0.2, 0) is 27.2 Å². The van der Waals surface area contributed by atoms with Crippen LogP contribution in [0.15, 0.2) is 54.6 Å². The van der Waals surface area contributed by atoms with Crippen LogP contribution in [0.25, 0.3) is 0 Å². The molecule has 6 heteroatoms. The van der Waals surface area contributed by atoms with E-state index in [0.29, 0.717) is 25.7 Å². The molecule has 2 atom stereocenters. The van der Waals surface area contributed by atoms with Crippen LogP contribution in [-0.4, -0.2) is 41.4 Å². The highest BCUT2D eigenvalue weighted by Gasteiger charge is 2.33. The van der Waals surface area contributed by atoms with Crippen molar-refractivity contribution in [2.24, 2.45) is 0 Å². The Balaban J connectivity index is 1.77. The van der Waals surface area contributed by atoms with Gasteiger partial charge in [0, 0.05) is 5.69 Å². The van der Waals surface area contributed by atoms with E-state index in [1.54, 1.807) is 0 Å². The van der Waals surface area contributed by atoms with E-state index in [0.717, 1.165) is 16.8 Å². The quantitative estimate of drug-likeness (QED) is 0.719. The molecule has 3 rings (SSSR count). The summed E-state index contributed by atoms with van der Waals surface area (Å²) in [6.45, 7) is 1.43. The molecule has 6 nitrogen and oxygen atoms in total. The van der Waals surface area contributed by atoms with Gasteiger partial charge in [-0.25, -0.2) is 0 Å². The number of carboxylic acid groups (broad SMARTS) is 1. The van der Waals surface area contributed by atoms with Crippen molar-refractivity contribution in [3.8, 4) is 0 Å². The van der Waals surface area contributed by atoms with Gasteiger partial charge in [-0.3, -0.25) is 19.7 Å². The van der Waals surface area contributed by atoms with E-state index < -0.39 is 18.1 Å². The first kappa shape index (κ1) is 20.7. The van der Waals surface area contributed by atoms with Crippen molar-refractivity contribution in [1.29, 1.82) is 0 Å². The Morgan fingerprint density at radius 1 is 1.14 bits per heavy atom. The van der Waals surface area contributed by atoms with Crippen molar-refractivity contribution in [2.75, 3.05) is 11.4 Å². The number of rotatable bonds is 8. The monoisotopic (exact) mass is 394 g/mol. The highest BCUT2D eigenvalue weighted by atomic mass is 16.4. The summed E-state index contributed by atoms with van der Waals surface area (Å²) in [6, 6.07) is 15.7. The van der Waals surface area contributed by atoms with Crippen LogP contribution in [0.5, 0.6) is 0 Å². The molecule has 1 amide bonds. The number of ketones is 1. The molecule has 1 unspecified atom stereocenters. The van der Waals surface area contributed by atoms with Gasteiger partial charge in [-0.1, -0.05) is 48.5 Å². The minimum Gasteiger partial charge on any atom is -0.480 e. The normalized spacial score (nSPS) is 17.3. The Kier molecular flexibility index (Phi) is 6.77. The third kappa shape index (κ3) is 5.29. The Labute approximate surface area is 170 Å². The van der Waals surface area contributed by atoms with E-state index in [4.69, 9.17) is 0 Å². The standard InChI is InChI=1S/C23H26N2O4/c1-16(26)15-25-21-10-6-5-9-18(21)12-14-19(22(25)27)24-20(23(28)29)13-11-17-7-3-2-4-8-17/h2-10,19-20,24H,11-15H2,1H3,(H,28,29)/t19-,20?/m0/s1. The molecule has 0 aromatic heterocycles. The van der Waals surface area contributed by atoms with Crippen LogP contribution in [0.4, 0.5) is 5.69 Å². The number of nitrogens with one attached hydrogen (secondary N) is 1. The van der Waals surface area contributed by atoms with Gasteiger partial charge in [0.05, 0.1) is 12.6 Å². The van der Waals surface area contributed by atoms with E-state index in [2.05, 4.69) is 5.32 Å². The lowest BCUT2D eigenvalue weighted by Crippen LogP contribution is -2.52. The summed E-state index contributed by atoms with van der Waals surface area (Å²) in [7, 11) is 0. The summed E-state index contributed by atoms with van der Waals surface area (Å²) in [6.07, 6.45) is 2.10. The van der Waals surface area contributed by atoms with Gasteiger partial charge in [-0.05, 0) is 49.8 Å². The van der Waals surface area contributed by atoms with E-state index in [9.17, 15) is 19.5 Å². The second-order valence-corrected chi connectivity index (χ2v) is 7.43. The fourth-order valence-corrected chi connectivity index (χ4v) is 3.73. The molecule has 0 spiro atoms. The molecular formula is C23H26N2O4. The maximum absolute atomic E-state index is 13.2. The third-order valence-corrected chi connectivity index (χ3v) is 5.19. The lowest BCUT2D eigenvalue weighted by molar-refractivity contribution is -0.140. The van der Waals surface area contributed by atoms with Gasteiger partial charge >= 0.3 is 5.97 Å². The molecule has 29 heavy (non-hydrogen) atoms. The van der Waals surface area contributed by atoms with Gasteiger partial charge in [-0.2, -0.15) is 0 Å². The summed E-state index contributed by atoms with van der Waals surface area (Å²) in [5.74, 6) is -1.35. The summed E-state index contributed by atoms with van der Waals surface area (Å²) >= 11 is 0. The average molecular weight is 394 g/mol. The number of nitrogens with zero attached hydrogens (tertiary/aromatic N) is 1. The highest BCUT2D eigenvalue weighted by Crippen LogP contribution is 2.27. The van der Waals surface area contributed by atoms with Gasteiger partial charge in [0.25, 0.3) is 0 Å². The number of hydrogen-bond acceptors (Lipinski definition) is 4. The van der Waals surface area contributed by atoms with Crippen molar-refractivity contribution < 1.29 is 19.5 Å². The smallest absolute Gasteiger partial charge is 0.320 e. The van der Waals surface area contributed by atoms with Gasteiger partial charge in [-0.15, -0.1) is 0 Å². The van der Waals surface area contributed by atoms with Crippen molar-refractivity contribution in [3.05, 3.63) is 65.7 Å². The fraction of sp³-hybridized carbons (Fsp3) is 0.348. The van der Waals surface area contributed by atoms with Gasteiger partial charge in [0.1, 0.15) is 11.8 Å². The molecule has 1 heterocycles. The fourth-order valence-electron chi connectivity index (χ4n) is 3.73. The van der Waals surface area contributed by atoms with E-state index >= 15 is 0 Å². The van der Waals surface area contributed by atoms with Crippen LogP contribution in [0.3, 0.4) is 0 Å². The zero-order valence-corrected chi connectivity index (χ0v) is 16.5. The van der Waals surface area contributed by atoms with Crippen LogP contribution in [0, 0.1) is 0 Å². The molecule has 0 saturated carbocycles. The second kappa shape index (κ2) is 9.47. The number of Topliss-reactive ketones (excluding diaryl/α,β-unsaturated/α-hetero) is 1. The summed E-state index contributed by atoms with van der Waals surface area (Å²) in [4.78, 5) is 38.3. The molecule has 152 valence electrons. The molecule has 0 fully saturated rings. The Morgan fingerprint density at radius 2 is 1.83 bits per heavy atom. The first-order valence-corrected chi connectivity index (χ1v) is 9.87. The number of para-hydroxylation sites is 1. The van der Waals surface area contributed by atoms with Crippen LogP contribution >= 0.6 is 0 Å². The molecule has 0 saturated heterocycles. The number of carbonyl (C=O) groups excluding carboxylic acids is 2. The number of carbonyl (C=O) groups is 3. The lowest BCUT2D eigenvalue weighted by atomic mass is 10.0. The highest BCUT2D eigenvalue weighted by molar-refractivity contribution is 6.02. The van der Waals surface area contributed by atoms with Gasteiger partial charge in [0.15, 0.2) is 0 Å². The maximum Gasteiger partial charge on any atom is 0.320 e. The lowest BCUT2D eigenvalue weighted by Gasteiger charge is -2.27. The number of anilines is 1. The number of aryl methyl sites for hydroxylation is 2. The molecule has 0 radical (unpaired) electrons. The van der Waals surface area contributed by atoms with Crippen LogP contribution < -0.4 is 10.2 Å². The third-order valence-electron chi connectivity index (χ3n) is 5.19. The second-order valence-electron chi connectivity index (χ2n) is 7.43. The molecular weight excluding hydrogens is 368 g/mol. The first-order chi connectivity index (χ1) is 14.0. The Hall–Kier alpha value is -2.99. The molecule has 0 bridgehead atoms. The summed E-state index contributed by atoms with van der Waals surface area (Å²) in [5, 5.41) is 12.7. The van der Waals surface area contributed by atoms with Crippen LogP contribution in [0.1, 0.15) is 30.9 Å². The van der Waals surface area contributed by atoms with E-state index in [-0.39, 0.29) is 18.2 Å². The van der Waals surface area contributed by atoms with E-state index in [1.807, 2.05) is 54.6 Å². The number of hydrogen-bond donors (Lipinski definition) is 2. The molecule has 2 aromatic rings. The number of amides is 1. The predicted molar refractivity (Wildman–Crippen MR) is 111 cm³/mol. The molecule has 2 aromatic carbocycles. The van der Waals surface area contributed by atoms with Gasteiger partial charge < -0.3 is 10.0 Å².